The van der Waals surface area contributed by atoms with Gasteiger partial charge in [-0.25, -0.2) is 0 Å². The summed E-state index contributed by atoms with van der Waals surface area (Å²) in [7, 11) is 0. The zero-order valence-corrected chi connectivity index (χ0v) is 12.1. The van der Waals surface area contributed by atoms with Crippen LogP contribution < -0.4 is 0 Å². The number of thiophene rings is 1. The molecule has 0 amide bonds. The van der Waals surface area contributed by atoms with Gasteiger partial charge in [0.1, 0.15) is 6.10 Å². The van der Waals surface area contributed by atoms with E-state index in [2.05, 4.69) is 31.9 Å². The van der Waals surface area contributed by atoms with Crippen LogP contribution in [0.1, 0.15) is 24.8 Å². The highest BCUT2D eigenvalue weighted by Gasteiger charge is 2.37. The Labute approximate surface area is 108 Å². The second-order valence-corrected chi connectivity index (χ2v) is 6.96. The lowest BCUT2D eigenvalue weighted by Crippen LogP contribution is -2.30. The van der Waals surface area contributed by atoms with E-state index < -0.39 is 17.5 Å². The summed E-state index contributed by atoms with van der Waals surface area (Å²) in [4.78, 5) is 11.6. The lowest BCUT2D eigenvalue weighted by atomic mass is 9.86. The molecule has 6 heteroatoms. The summed E-state index contributed by atoms with van der Waals surface area (Å²) in [6.45, 7) is 3.00. The Balaban J connectivity index is 3.04. The average molecular weight is 358 g/mol. The molecule has 15 heavy (non-hydrogen) atoms. The van der Waals surface area contributed by atoms with Gasteiger partial charge < -0.3 is 10.2 Å². The molecule has 0 spiro atoms. The summed E-state index contributed by atoms with van der Waals surface area (Å²) in [6.07, 6.45) is -1.01. The Morgan fingerprint density at radius 3 is 2.40 bits per heavy atom. The molecule has 0 saturated heterocycles. The van der Waals surface area contributed by atoms with Crippen molar-refractivity contribution in [3.05, 3.63) is 19.2 Å². The first kappa shape index (κ1) is 13.2. The summed E-state index contributed by atoms with van der Waals surface area (Å²) >= 11 is 7.92. The van der Waals surface area contributed by atoms with E-state index in [9.17, 15) is 9.90 Å². The third-order valence-corrected chi connectivity index (χ3v) is 5.48. The smallest absolute Gasteiger partial charge is 0.312 e. The van der Waals surface area contributed by atoms with Crippen LogP contribution in [-0.4, -0.2) is 16.2 Å². The minimum Gasteiger partial charge on any atom is -0.481 e. The fourth-order valence-corrected chi connectivity index (χ4v) is 3.23. The van der Waals surface area contributed by atoms with Crippen molar-refractivity contribution in [1.29, 1.82) is 0 Å². The highest BCUT2D eigenvalue weighted by Crippen LogP contribution is 2.41. The molecule has 0 fully saturated rings. The van der Waals surface area contributed by atoms with Gasteiger partial charge >= 0.3 is 5.97 Å². The Morgan fingerprint density at radius 2 is 2.07 bits per heavy atom. The van der Waals surface area contributed by atoms with Crippen molar-refractivity contribution >= 4 is 49.2 Å². The number of hydrogen-bond donors (Lipinski definition) is 2. The van der Waals surface area contributed by atoms with Crippen LogP contribution in [0, 0.1) is 5.41 Å². The minimum absolute atomic E-state index is 0.626. The normalized spacial score (nSPS) is 13.9. The summed E-state index contributed by atoms with van der Waals surface area (Å²) in [5.41, 5.74) is -1.19. The third-order valence-electron chi connectivity index (χ3n) is 2.17. The van der Waals surface area contributed by atoms with E-state index in [1.54, 1.807) is 6.07 Å². The molecule has 1 heterocycles. The van der Waals surface area contributed by atoms with Crippen LogP contribution in [0.2, 0.25) is 0 Å². The van der Waals surface area contributed by atoms with E-state index in [0.717, 1.165) is 8.26 Å². The maximum atomic E-state index is 10.9. The summed E-state index contributed by atoms with van der Waals surface area (Å²) in [5, 5.41) is 18.9. The number of carboxylic acid groups (broad SMARTS) is 1. The lowest BCUT2D eigenvalue weighted by Gasteiger charge is -2.24. The predicted molar refractivity (Wildman–Crippen MR) is 66.1 cm³/mol. The molecule has 1 rings (SSSR count). The van der Waals surface area contributed by atoms with Crippen molar-refractivity contribution < 1.29 is 15.0 Å². The molecular formula is C9H10Br2O3S. The highest BCUT2D eigenvalue weighted by molar-refractivity contribution is 9.13. The molecule has 0 aliphatic heterocycles. The Bertz CT molecular complexity index is 367. The third kappa shape index (κ3) is 2.61. The van der Waals surface area contributed by atoms with Crippen molar-refractivity contribution in [3.8, 4) is 0 Å². The van der Waals surface area contributed by atoms with Crippen LogP contribution >= 0.6 is 43.2 Å². The van der Waals surface area contributed by atoms with Crippen LogP contribution in [0.25, 0.3) is 0 Å². The first-order valence-electron chi connectivity index (χ1n) is 4.13. The van der Waals surface area contributed by atoms with Crippen molar-refractivity contribution in [3.63, 3.8) is 0 Å². The maximum Gasteiger partial charge on any atom is 0.312 e. The van der Waals surface area contributed by atoms with Crippen molar-refractivity contribution in [2.45, 2.75) is 20.0 Å². The molecule has 1 aromatic rings. The van der Waals surface area contributed by atoms with Gasteiger partial charge in [0, 0.05) is 9.35 Å². The monoisotopic (exact) mass is 356 g/mol. The molecule has 0 bridgehead atoms. The average Bonchev–Trinajstić information content (AvgIpc) is 2.45. The number of carbonyl (C=O) groups is 1. The van der Waals surface area contributed by atoms with E-state index in [-0.39, 0.29) is 0 Å². The van der Waals surface area contributed by atoms with Gasteiger partial charge in [0.05, 0.1) is 9.20 Å². The van der Waals surface area contributed by atoms with E-state index in [0.29, 0.717) is 4.88 Å². The number of hydrogen-bond acceptors (Lipinski definition) is 3. The fourth-order valence-electron chi connectivity index (χ4n) is 0.971. The van der Waals surface area contributed by atoms with E-state index in [1.165, 1.54) is 25.2 Å². The molecule has 1 aromatic heterocycles. The van der Waals surface area contributed by atoms with Crippen molar-refractivity contribution in [1.82, 2.24) is 0 Å². The molecule has 0 aliphatic carbocycles. The number of halogens is 2. The molecule has 0 aliphatic rings. The predicted octanol–water partition coefficient (Wildman–Crippen LogP) is 3.42. The zero-order valence-electron chi connectivity index (χ0n) is 8.12. The van der Waals surface area contributed by atoms with E-state index in [4.69, 9.17) is 5.11 Å². The Morgan fingerprint density at radius 1 is 1.53 bits per heavy atom. The van der Waals surface area contributed by atoms with Crippen LogP contribution in [0.4, 0.5) is 0 Å². The first-order chi connectivity index (χ1) is 6.76. The molecule has 2 N–H and O–H groups in total. The van der Waals surface area contributed by atoms with Crippen LogP contribution in [0.5, 0.6) is 0 Å². The maximum absolute atomic E-state index is 10.9. The molecule has 1 atom stereocenters. The first-order valence-corrected chi connectivity index (χ1v) is 6.53. The fraction of sp³-hybridized carbons (Fsp3) is 0.444. The second kappa shape index (κ2) is 4.53. The Kier molecular flexibility index (Phi) is 3.97. The molecule has 0 radical (unpaired) electrons. The molecule has 3 nitrogen and oxygen atoms in total. The van der Waals surface area contributed by atoms with Gasteiger partial charge in [0.15, 0.2) is 0 Å². The van der Waals surface area contributed by atoms with Gasteiger partial charge in [-0.15, -0.1) is 11.3 Å². The van der Waals surface area contributed by atoms with Gasteiger partial charge in [-0.3, -0.25) is 4.79 Å². The Hall–Kier alpha value is 0.0900. The molecule has 0 aromatic carbocycles. The molecule has 0 saturated carbocycles. The van der Waals surface area contributed by atoms with Crippen LogP contribution in [-0.2, 0) is 4.79 Å². The van der Waals surface area contributed by atoms with Crippen LogP contribution in [0.15, 0.2) is 14.3 Å². The summed E-state index contributed by atoms with van der Waals surface area (Å²) in [6, 6.07) is 1.73. The van der Waals surface area contributed by atoms with Gasteiger partial charge in [0.25, 0.3) is 0 Å². The SMILES string of the molecule is CC(C)(C(=O)O)C(O)c1cc(Br)c(Br)s1. The highest BCUT2D eigenvalue weighted by atomic mass is 79.9. The summed E-state index contributed by atoms with van der Waals surface area (Å²) in [5.74, 6) is -1.02. The zero-order chi connectivity index (χ0) is 11.8. The largest absolute Gasteiger partial charge is 0.481 e. The number of carboxylic acids is 1. The second-order valence-electron chi connectivity index (χ2n) is 3.70. The molecule has 84 valence electrons. The van der Waals surface area contributed by atoms with Gasteiger partial charge in [-0.2, -0.15) is 0 Å². The quantitative estimate of drug-likeness (QED) is 0.871. The number of aliphatic hydroxyl groups is 1. The molecular weight excluding hydrogens is 348 g/mol. The van der Waals surface area contributed by atoms with Gasteiger partial charge in [0.2, 0.25) is 0 Å². The number of aliphatic hydroxyl groups excluding tert-OH is 1. The van der Waals surface area contributed by atoms with Crippen molar-refractivity contribution in [2.24, 2.45) is 5.41 Å². The topological polar surface area (TPSA) is 57.5 Å². The van der Waals surface area contributed by atoms with E-state index >= 15 is 0 Å². The number of aliphatic carboxylic acids is 1. The van der Waals surface area contributed by atoms with Gasteiger partial charge in [-0.1, -0.05) is 0 Å². The lowest BCUT2D eigenvalue weighted by molar-refractivity contribution is -0.153. The molecule has 1 unspecified atom stereocenters. The summed E-state index contributed by atoms with van der Waals surface area (Å²) < 4.78 is 1.67. The minimum atomic E-state index is -1.19. The van der Waals surface area contributed by atoms with Crippen molar-refractivity contribution in [2.75, 3.05) is 0 Å². The van der Waals surface area contributed by atoms with E-state index in [1.807, 2.05) is 0 Å². The van der Waals surface area contributed by atoms with Crippen LogP contribution in [0.3, 0.4) is 0 Å². The van der Waals surface area contributed by atoms with Gasteiger partial charge in [-0.05, 0) is 51.8 Å². The number of rotatable bonds is 3. The standard InChI is InChI=1S/C9H10Br2O3S/c1-9(2,8(13)14)6(12)5-3-4(10)7(11)15-5/h3,6,12H,1-2H3,(H,13,14).